The maximum atomic E-state index is 11.6. The SMILES string of the molecule is CN(CC(=O)O)C(=O)Cc1cccc(Cl)c1. The number of aliphatic carboxylic acids is 1. The number of hydrogen-bond acceptors (Lipinski definition) is 2. The number of rotatable bonds is 4. The van der Waals surface area contributed by atoms with Crippen LogP contribution in [-0.2, 0) is 16.0 Å². The Morgan fingerprint density at radius 1 is 1.44 bits per heavy atom. The maximum Gasteiger partial charge on any atom is 0.323 e. The summed E-state index contributed by atoms with van der Waals surface area (Å²) in [6.07, 6.45) is 0.157. The summed E-state index contributed by atoms with van der Waals surface area (Å²) in [6, 6.07) is 6.94. The van der Waals surface area contributed by atoms with E-state index in [0.29, 0.717) is 5.02 Å². The van der Waals surface area contributed by atoms with E-state index in [1.54, 1.807) is 24.3 Å². The minimum Gasteiger partial charge on any atom is -0.480 e. The van der Waals surface area contributed by atoms with E-state index in [1.807, 2.05) is 0 Å². The highest BCUT2D eigenvalue weighted by Crippen LogP contribution is 2.11. The molecule has 0 spiro atoms. The molecular formula is C11H12ClNO3. The average Bonchev–Trinajstić information content (AvgIpc) is 2.16. The predicted octanol–water partition coefficient (Wildman–Crippen LogP) is 1.43. The molecule has 0 bridgehead atoms. The van der Waals surface area contributed by atoms with Crippen molar-refractivity contribution in [2.45, 2.75) is 6.42 Å². The molecule has 0 saturated heterocycles. The van der Waals surface area contributed by atoms with Gasteiger partial charge in [-0.3, -0.25) is 9.59 Å². The molecule has 0 aliphatic rings. The molecule has 4 nitrogen and oxygen atoms in total. The summed E-state index contributed by atoms with van der Waals surface area (Å²) in [5.41, 5.74) is 0.773. The van der Waals surface area contributed by atoms with Crippen LogP contribution in [0.3, 0.4) is 0 Å². The molecule has 0 unspecified atom stereocenters. The van der Waals surface area contributed by atoms with E-state index in [1.165, 1.54) is 11.9 Å². The summed E-state index contributed by atoms with van der Waals surface area (Å²) in [7, 11) is 1.46. The molecule has 0 aliphatic carbocycles. The molecule has 86 valence electrons. The summed E-state index contributed by atoms with van der Waals surface area (Å²) in [4.78, 5) is 23.2. The van der Waals surface area contributed by atoms with Crippen LogP contribution in [0.15, 0.2) is 24.3 Å². The van der Waals surface area contributed by atoms with Gasteiger partial charge < -0.3 is 10.0 Å². The highest BCUT2D eigenvalue weighted by atomic mass is 35.5. The molecule has 1 aromatic rings. The molecule has 16 heavy (non-hydrogen) atoms. The first kappa shape index (κ1) is 12.5. The Bertz CT molecular complexity index is 406. The Morgan fingerprint density at radius 2 is 2.12 bits per heavy atom. The van der Waals surface area contributed by atoms with E-state index in [9.17, 15) is 9.59 Å². The second-order valence-electron chi connectivity index (χ2n) is 3.45. The quantitative estimate of drug-likeness (QED) is 0.868. The normalized spacial score (nSPS) is 9.88. The highest BCUT2D eigenvalue weighted by molar-refractivity contribution is 6.30. The molecule has 0 aromatic heterocycles. The zero-order valence-corrected chi connectivity index (χ0v) is 9.57. The summed E-state index contributed by atoms with van der Waals surface area (Å²) < 4.78 is 0. The van der Waals surface area contributed by atoms with Gasteiger partial charge in [-0.2, -0.15) is 0 Å². The van der Waals surface area contributed by atoms with Crippen molar-refractivity contribution in [2.24, 2.45) is 0 Å². The topological polar surface area (TPSA) is 57.6 Å². The van der Waals surface area contributed by atoms with E-state index in [4.69, 9.17) is 16.7 Å². The van der Waals surface area contributed by atoms with Crippen LogP contribution in [0.2, 0.25) is 5.02 Å². The Balaban J connectivity index is 2.60. The first-order valence-electron chi connectivity index (χ1n) is 4.69. The second kappa shape index (κ2) is 5.51. The fourth-order valence-electron chi connectivity index (χ4n) is 1.25. The average molecular weight is 242 g/mol. The number of halogens is 1. The van der Waals surface area contributed by atoms with Crippen molar-refractivity contribution in [3.05, 3.63) is 34.9 Å². The molecule has 1 rings (SSSR count). The van der Waals surface area contributed by atoms with Crippen LogP contribution in [0.25, 0.3) is 0 Å². The number of carboxylic acid groups (broad SMARTS) is 1. The van der Waals surface area contributed by atoms with Crippen LogP contribution in [0.1, 0.15) is 5.56 Å². The Hall–Kier alpha value is -1.55. The molecule has 0 radical (unpaired) electrons. The van der Waals surface area contributed by atoms with Crippen LogP contribution in [0.4, 0.5) is 0 Å². The van der Waals surface area contributed by atoms with E-state index < -0.39 is 5.97 Å². The fraction of sp³-hybridized carbons (Fsp3) is 0.273. The first-order valence-corrected chi connectivity index (χ1v) is 5.07. The smallest absolute Gasteiger partial charge is 0.323 e. The van der Waals surface area contributed by atoms with Crippen molar-refractivity contribution in [1.29, 1.82) is 0 Å². The first-order chi connectivity index (χ1) is 7.49. The molecule has 1 amide bonds. The molecule has 0 saturated carbocycles. The zero-order valence-electron chi connectivity index (χ0n) is 8.81. The van der Waals surface area contributed by atoms with Crippen molar-refractivity contribution in [3.8, 4) is 0 Å². The van der Waals surface area contributed by atoms with Crippen LogP contribution in [0, 0.1) is 0 Å². The fourth-order valence-corrected chi connectivity index (χ4v) is 1.46. The van der Waals surface area contributed by atoms with Gasteiger partial charge in [0, 0.05) is 12.1 Å². The summed E-state index contributed by atoms with van der Waals surface area (Å²) in [6.45, 7) is -0.292. The number of carbonyl (C=O) groups excluding carboxylic acids is 1. The van der Waals surface area contributed by atoms with Gasteiger partial charge in [0.25, 0.3) is 0 Å². The third-order valence-corrected chi connectivity index (χ3v) is 2.28. The van der Waals surface area contributed by atoms with Crippen molar-refractivity contribution < 1.29 is 14.7 Å². The lowest BCUT2D eigenvalue weighted by Crippen LogP contribution is -2.33. The maximum absolute atomic E-state index is 11.6. The number of carboxylic acids is 1. The number of benzene rings is 1. The Kier molecular flexibility index (Phi) is 4.31. The van der Waals surface area contributed by atoms with Gasteiger partial charge in [0.15, 0.2) is 0 Å². The molecular weight excluding hydrogens is 230 g/mol. The monoisotopic (exact) mass is 241 g/mol. The van der Waals surface area contributed by atoms with Crippen molar-refractivity contribution in [2.75, 3.05) is 13.6 Å². The number of hydrogen-bond donors (Lipinski definition) is 1. The molecule has 1 aromatic carbocycles. The van der Waals surface area contributed by atoms with E-state index >= 15 is 0 Å². The largest absolute Gasteiger partial charge is 0.480 e. The molecule has 0 atom stereocenters. The van der Waals surface area contributed by atoms with Crippen molar-refractivity contribution in [1.82, 2.24) is 4.90 Å². The lowest BCUT2D eigenvalue weighted by molar-refractivity contribution is -0.143. The Morgan fingerprint density at radius 3 is 2.69 bits per heavy atom. The van der Waals surface area contributed by atoms with Gasteiger partial charge in [0.05, 0.1) is 6.42 Å². The van der Waals surface area contributed by atoms with Crippen LogP contribution >= 0.6 is 11.6 Å². The van der Waals surface area contributed by atoms with Gasteiger partial charge in [-0.25, -0.2) is 0 Å². The number of nitrogens with zero attached hydrogens (tertiary/aromatic N) is 1. The third kappa shape index (κ3) is 3.90. The lowest BCUT2D eigenvalue weighted by Gasteiger charge is -2.14. The summed E-state index contributed by atoms with van der Waals surface area (Å²) in [5.74, 6) is -1.27. The van der Waals surface area contributed by atoms with E-state index in [0.717, 1.165) is 5.56 Å². The van der Waals surface area contributed by atoms with Gasteiger partial charge in [-0.05, 0) is 17.7 Å². The summed E-state index contributed by atoms with van der Waals surface area (Å²) >= 11 is 5.77. The molecule has 0 aliphatic heterocycles. The number of amides is 1. The van der Waals surface area contributed by atoms with Crippen LogP contribution < -0.4 is 0 Å². The third-order valence-electron chi connectivity index (χ3n) is 2.04. The van der Waals surface area contributed by atoms with Gasteiger partial charge >= 0.3 is 5.97 Å². The van der Waals surface area contributed by atoms with E-state index in [-0.39, 0.29) is 18.9 Å². The second-order valence-corrected chi connectivity index (χ2v) is 3.89. The predicted molar refractivity (Wildman–Crippen MR) is 60.4 cm³/mol. The van der Waals surface area contributed by atoms with Crippen LogP contribution in [0.5, 0.6) is 0 Å². The van der Waals surface area contributed by atoms with Gasteiger partial charge in [0.1, 0.15) is 6.54 Å². The number of carbonyl (C=O) groups is 2. The summed E-state index contributed by atoms with van der Waals surface area (Å²) in [5, 5.41) is 9.09. The Labute approximate surface area is 98.4 Å². The molecule has 0 heterocycles. The van der Waals surface area contributed by atoms with Gasteiger partial charge in [0.2, 0.25) is 5.91 Å². The number of likely N-dealkylation sites (N-methyl/N-ethyl adjacent to an activating group) is 1. The minimum atomic E-state index is -1.03. The highest BCUT2D eigenvalue weighted by Gasteiger charge is 2.12. The minimum absolute atomic E-state index is 0.157. The molecule has 0 fully saturated rings. The molecule has 1 N–H and O–H groups in total. The van der Waals surface area contributed by atoms with E-state index in [2.05, 4.69) is 0 Å². The standard InChI is InChI=1S/C11H12ClNO3/c1-13(7-11(15)16)10(14)6-8-3-2-4-9(12)5-8/h2-5H,6-7H2,1H3,(H,15,16). The van der Waals surface area contributed by atoms with Gasteiger partial charge in [-0.15, -0.1) is 0 Å². The zero-order chi connectivity index (χ0) is 12.1. The van der Waals surface area contributed by atoms with Crippen molar-refractivity contribution >= 4 is 23.5 Å². The van der Waals surface area contributed by atoms with Crippen molar-refractivity contribution in [3.63, 3.8) is 0 Å². The lowest BCUT2D eigenvalue weighted by atomic mass is 10.1. The molecule has 5 heteroatoms. The van der Waals surface area contributed by atoms with Crippen LogP contribution in [-0.4, -0.2) is 35.5 Å². The van der Waals surface area contributed by atoms with Gasteiger partial charge in [-0.1, -0.05) is 23.7 Å².